The van der Waals surface area contributed by atoms with E-state index in [4.69, 9.17) is 16.9 Å². The van der Waals surface area contributed by atoms with E-state index in [1.807, 2.05) is 0 Å². The lowest BCUT2D eigenvalue weighted by molar-refractivity contribution is -0.137. The van der Waals surface area contributed by atoms with Crippen molar-refractivity contribution in [1.82, 2.24) is 0 Å². The molecule has 0 aliphatic heterocycles. The van der Waals surface area contributed by atoms with Crippen molar-refractivity contribution in [1.29, 1.82) is 5.41 Å². The number of carbonyl (C=O) groups is 1. The molecule has 3 aromatic carbocycles. The molecule has 0 aliphatic carbocycles. The van der Waals surface area contributed by atoms with Crippen LogP contribution in [0.1, 0.15) is 11.1 Å². The molecular weight excluding hydrogens is 414 g/mol. The average molecular weight is 431 g/mol. The summed E-state index contributed by atoms with van der Waals surface area (Å²) in [6.45, 7) is 0. The van der Waals surface area contributed by atoms with Gasteiger partial charge in [-0.1, -0.05) is 24.3 Å². The second-order valence-electron chi connectivity index (χ2n) is 6.54. The predicted molar refractivity (Wildman–Crippen MR) is 111 cm³/mol. The molecule has 6 nitrogen and oxygen atoms in total. The van der Waals surface area contributed by atoms with Crippen molar-refractivity contribution in [2.24, 2.45) is 5.73 Å². The fraction of sp³-hybridized carbons (Fsp3) is 0.0476. The Morgan fingerprint density at radius 3 is 2.19 bits per heavy atom. The van der Waals surface area contributed by atoms with Crippen molar-refractivity contribution in [2.45, 2.75) is 6.18 Å². The topological polar surface area (TPSA) is 117 Å². The SMILES string of the molecule is N=C(N)c1ccc(-c2ccc(NC(=O)Nc3cccc(C(F)(F)F)c3)cc2)c(F)c1N. The minimum Gasteiger partial charge on any atom is -0.396 e. The molecule has 0 aliphatic rings. The normalized spacial score (nSPS) is 11.1. The zero-order valence-corrected chi connectivity index (χ0v) is 15.8. The summed E-state index contributed by atoms with van der Waals surface area (Å²) in [6.07, 6.45) is -4.52. The van der Waals surface area contributed by atoms with Crippen LogP contribution >= 0.6 is 0 Å². The van der Waals surface area contributed by atoms with Gasteiger partial charge in [-0.15, -0.1) is 0 Å². The fourth-order valence-electron chi connectivity index (χ4n) is 2.85. The molecule has 31 heavy (non-hydrogen) atoms. The van der Waals surface area contributed by atoms with Gasteiger partial charge in [-0.25, -0.2) is 9.18 Å². The Kier molecular flexibility index (Phi) is 5.82. The summed E-state index contributed by atoms with van der Waals surface area (Å²) in [4.78, 5) is 12.1. The predicted octanol–water partition coefficient (Wildman–Crippen LogP) is 5.02. The van der Waals surface area contributed by atoms with Gasteiger partial charge in [0, 0.05) is 22.5 Å². The number of nitrogens with two attached hydrogens (primary N) is 2. The van der Waals surface area contributed by atoms with E-state index in [0.717, 1.165) is 12.1 Å². The third-order valence-corrected chi connectivity index (χ3v) is 4.37. The van der Waals surface area contributed by atoms with E-state index in [0.29, 0.717) is 11.3 Å². The number of hydrogen-bond acceptors (Lipinski definition) is 3. The standard InChI is InChI=1S/C21H17F4N5O/c22-17-15(8-9-16(18(17)26)19(27)28)11-4-6-13(7-5-11)29-20(31)30-14-3-1-2-12(10-14)21(23,24)25/h1-10H,26H2,(H3,27,28)(H2,29,30,31). The molecule has 10 heteroatoms. The highest BCUT2D eigenvalue weighted by Crippen LogP contribution is 2.31. The number of carbonyl (C=O) groups excluding carboxylic acids is 1. The van der Waals surface area contributed by atoms with Crippen LogP contribution in [0.2, 0.25) is 0 Å². The highest BCUT2D eigenvalue weighted by molar-refractivity contribution is 6.01. The van der Waals surface area contributed by atoms with Gasteiger partial charge in [0.1, 0.15) is 5.84 Å². The van der Waals surface area contributed by atoms with Crippen molar-refractivity contribution in [2.75, 3.05) is 16.4 Å². The van der Waals surface area contributed by atoms with Gasteiger partial charge >= 0.3 is 12.2 Å². The molecular formula is C21H17F4N5O. The van der Waals surface area contributed by atoms with E-state index >= 15 is 0 Å². The number of halogens is 4. The lowest BCUT2D eigenvalue weighted by Crippen LogP contribution is -2.19. The molecule has 0 heterocycles. The fourth-order valence-corrected chi connectivity index (χ4v) is 2.85. The van der Waals surface area contributed by atoms with Crippen LogP contribution in [-0.2, 0) is 6.18 Å². The molecule has 2 amide bonds. The maximum absolute atomic E-state index is 14.5. The minimum atomic E-state index is -4.52. The smallest absolute Gasteiger partial charge is 0.396 e. The van der Waals surface area contributed by atoms with Crippen LogP contribution in [0.25, 0.3) is 11.1 Å². The van der Waals surface area contributed by atoms with E-state index < -0.39 is 23.6 Å². The van der Waals surface area contributed by atoms with Crippen LogP contribution in [0.3, 0.4) is 0 Å². The van der Waals surface area contributed by atoms with Gasteiger partial charge in [0.05, 0.1) is 11.3 Å². The van der Waals surface area contributed by atoms with Gasteiger partial charge in [-0.3, -0.25) is 5.41 Å². The first-order valence-electron chi connectivity index (χ1n) is 8.84. The Hall–Kier alpha value is -4.08. The van der Waals surface area contributed by atoms with Crippen molar-refractivity contribution < 1.29 is 22.4 Å². The Bertz CT molecular complexity index is 1140. The van der Waals surface area contributed by atoms with Gasteiger partial charge in [0.15, 0.2) is 5.82 Å². The number of amidine groups is 1. The van der Waals surface area contributed by atoms with Gasteiger partial charge < -0.3 is 22.1 Å². The Morgan fingerprint density at radius 2 is 1.58 bits per heavy atom. The molecule has 160 valence electrons. The third kappa shape index (κ3) is 4.92. The molecule has 3 rings (SSSR count). The number of anilines is 3. The summed E-state index contributed by atoms with van der Waals surface area (Å²) >= 11 is 0. The van der Waals surface area contributed by atoms with E-state index in [2.05, 4.69) is 10.6 Å². The monoisotopic (exact) mass is 431 g/mol. The number of nitrogens with one attached hydrogen (secondary N) is 3. The number of nitrogen functional groups attached to an aromatic ring is 2. The number of alkyl halides is 3. The van der Waals surface area contributed by atoms with Crippen LogP contribution in [0.4, 0.5) is 39.4 Å². The van der Waals surface area contributed by atoms with Crippen LogP contribution in [0.5, 0.6) is 0 Å². The molecule has 0 saturated heterocycles. The van der Waals surface area contributed by atoms with Crippen LogP contribution in [0, 0.1) is 11.2 Å². The third-order valence-electron chi connectivity index (χ3n) is 4.37. The van der Waals surface area contributed by atoms with Crippen molar-refractivity contribution in [3.8, 4) is 11.1 Å². The molecule has 0 saturated carbocycles. The van der Waals surface area contributed by atoms with Crippen LogP contribution < -0.4 is 22.1 Å². The molecule has 0 atom stereocenters. The maximum Gasteiger partial charge on any atom is 0.416 e. The molecule has 0 aromatic heterocycles. The van der Waals surface area contributed by atoms with E-state index in [1.54, 1.807) is 0 Å². The average Bonchev–Trinajstić information content (AvgIpc) is 2.70. The maximum atomic E-state index is 14.5. The molecule has 0 spiro atoms. The first-order chi connectivity index (χ1) is 14.6. The zero-order chi connectivity index (χ0) is 22.8. The second kappa shape index (κ2) is 8.34. The number of rotatable bonds is 4. The zero-order valence-electron chi connectivity index (χ0n) is 15.8. The molecule has 3 aromatic rings. The summed E-state index contributed by atoms with van der Waals surface area (Å²) in [7, 11) is 0. The number of amides is 2. The van der Waals surface area contributed by atoms with E-state index in [9.17, 15) is 22.4 Å². The Balaban J connectivity index is 1.72. The highest BCUT2D eigenvalue weighted by Gasteiger charge is 2.30. The molecule has 0 fully saturated rings. The van der Waals surface area contributed by atoms with E-state index in [1.165, 1.54) is 48.5 Å². The van der Waals surface area contributed by atoms with Crippen LogP contribution in [0.15, 0.2) is 60.7 Å². The van der Waals surface area contributed by atoms with Gasteiger partial charge in [0.25, 0.3) is 0 Å². The molecule has 0 unspecified atom stereocenters. The molecule has 0 bridgehead atoms. The number of urea groups is 1. The summed E-state index contributed by atoms with van der Waals surface area (Å²) in [5, 5.41) is 12.2. The van der Waals surface area contributed by atoms with Gasteiger partial charge in [-0.05, 0) is 42.0 Å². The minimum absolute atomic E-state index is 0.0212. The first-order valence-corrected chi connectivity index (χ1v) is 8.84. The van der Waals surface area contributed by atoms with E-state index in [-0.39, 0.29) is 28.3 Å². The molecule has 7 N–H and O–H groups in total. The van der Waals surface area contributed by atoms with Gasteiger partial charge in [-0.2, -0.15) is 13.2 Å². The van der Waals surface area contributed by atoms with Crippen LogP contribution in [-0.4, -0.2) is 11.9 Å². The number of hydrogen-bond donors (Lipinski definition) is 5. The quantitative estimate of drug-likeness (QED) is 0.173. The lowest BCUT2D eigenvalue weighted by Gasteiger charge is -2.12. The highest BCUT2D eigenvalue weighted by atomic mass is 19.4. The summed E-state index contributed by atoms with van der Waals surface area (Å²) in [6, 6.07) is 12.4. The summed E-state index contributed by atoms with van der Waals surface area (Å²) < 4.78 is 52.8. The number of benzene rings is 3. The second-order valence-corrected chi connectivity index (χ2v) is 6.54. The van der Waals surface area contributed by atoms with Crippen molar-refractivity contribution in [3.63, 3.8) is 0 Å². The first kappa shape index (κ1) is 21.6. The van der Waals surface area contributed by atoms with Crippen molar-refractivity contribution >= 4 is 28.9 Å². The summed E-state index contributed by atoms with van der Waals surface area (Å²) in [5.41, 5.74) is 11.0. The largest absolute Gasteiger partial charge is 0.416 e. The summed E-state index contributed by atoms with van der Waals surface area (Å²) in [5.74, 6) is -1.08. The Morgan fingerprint density at radius 1 is 0.935 bits per heavy atom. The Labute approximate surface area is 174 Å². The van der Waals surface area contributed by atoms with Crippen molar-refractivity contribution in [3.05, 3.63) is 77.6 Å². The molecule has 0 radical (unpaired) electrons. The lowest BCUT2D eigenvalue weighted by atomic mass is 10.0. The van der Waals surface area contributed by atoms with Gasteiger partial charge in [0.2, 0.25) is 0 Å².